The van der Waals surface area contributed by atoms with Crippen molar-refractivity contribution in [3.63, 3.8) is 0 Å². The average molecular weight is 472 g/mol. The largest absolute Gasteiger partial charge is 0.490 e. The van der Waals surface area contributed by atoms with Crippen LogP contribution in [0.15, 0.2) is 35.7 Å². The molecular formula is C24H29N3O5S. The number of ether oxygens (including phenoxy) is 2. The summed E-state index contributed by atoms with van der Waals surface area (Å²) < 4.78 is 12.2. The molecule has 176 valence electrons. The van der Waals surface area contributed by atoms with E-state index in [1.165, 1.54) is 11.3 Å². The second kappa shape index (κ2) is 10.4. The number of fused-ring (bicyclic) bond motifs is 2. The summed E-state index contributed by atoms with van der Waals surface area (Å²) in [6.45, 7) is 2.95. The molecule has 1 fully saturated rings. The lowest BCUT2D eigenvalue weighted by molar-refractivity contribution is -0.134. The molecule has 2 aliphatic heterocycles. The second-order valence-corrected chi connectivity index (χ2v) is 9.31. The Bertz CT molecular complexity index is 1010. The number of likely N-dealkylation sites (N-methyl/N-ethyl adjacent to an activating group) is 1. The molecule has 2 aromatic rings. The number of hydrogen-bond acceptors (Lipinski definition) is 6. The van der Waals surface area contributed by atoms with Gasteiger partial charge in [-0.05, 0) is 48.9 Å². The van der Waals surface area contributed by atoms with E-state index in [0.717, 1.165) is 12.8 Å². The minimum Gasteiger partial charge on any atom is -0.490 e. The highest BCUT2D eigenvalue weighted by Crippen LogP contribution is 2.32. The molecule has 0 aliphatic carbocycles. The Hall–Kier alpha value is -2.91. The number of anilines is 1. The van der Waals surface area contributed by atoms with Gasteiger partial charge in [-0.25, -0.2) is 0 Å². The van der Waals surface area contributed by atoms with Gasteiger partial charge in [-0.2, -0.15) is 0 Å². The summed E-state index contributed by atoms with van der Waals surface area (Å²) in [5.74, 6) is 0.0340. The predicted molar refractivity (Wildman–Crippen MR) is 126 cm³/mol. The number of carbonyl (C=O) groups excluding carboxylic acids is 3. The van der Waals surface area contributed by atoms with Crippen LogP contribution in [0, 0.1) is 0 Å². The number of benzene rings is 1. The SMILES string of the molecule is CCCNC(=O)C[C@H]1CC[C@@H]2[C@H](COc3ccc(NC(=O)c4cccs4)cc3C(=O)N2C)O1. The third kappa shape index (κ3) is 5.36. The standard InChI is InChI=1S/C24H29N3O5S/c1-3-10-25-22(28)13-16-7-8-18-20(32-16)14-31-19-9-6-15(12-17(19)24(30)27(18)2)26-23(29)21-5-4-11-33-21/h4-6,9,11-12,16,18,20H,3,7-8,10,13-14H2,1-2H3,(H,25,28)(H,26,29)/t16-,18-,20+/m1/s1. The van der Waals surface area contributed by atoms with Gasteiger partial charge in [-0.3, -0.25) is 14.4 Å². The van der Waals surface area contributed by atoms with Gasteiger partial charge in [0.2, 0.25) is 5.91 Å². The van der Waals surface area contributed by atoms with E-state index in [-0.39, 0.29) is 42.6 Å². The van der Waals surface area contributed by atoms with E-state index in [0.29, 0.717) is 41.3 Å². The van der Waals surface area contributed by atoms with Gasteiger partial charge in [0, 0.05) is 19.3 Å². The number of nitrogens with one attached hydrogen (secondary N) is 2. The molecule has 4 rings (SSSR count). The Morgan fingerprint density at radius 2 is 2.09 bits per heavy atom. The lowest BCUT2D eigenvalue weighted by Gasteiger charge is -2.42. The first-order valence-corrected chi connectivity index (χ1v) is 12.1. The number of thiophene rings is 1. The van der Waals surface area contributed by atoms with E-state index in [9.17, 15) is 14.4 Å². The highest BCUT2D eigenvalue weighted by atomic mass is 32.1. The summed E-state index contributed by atoms with van der Waals surface area (Å²) >= 11 is 1.36. The molecule has 8 nitrogen and oxygen atoms in total. The second-order valence-electron chi connectivity index (χ2n) is 8.36. The molecule has 33 heavy (non-hydrogen) atoms. The summed E-state index contributed by atoms with van der Waals surface area (Å²) in [4.78, 5) is 40.1. The van der Waals surface area contributed by atoms with Gasteiger partial charge >= 0.3 is 0 Å². The van der Waals surface area contributed by atoms with Gasteiger partial charge in [0.25, 0.3) is 11.8 Å². The highest BCUT2D eigenvalue weighted by Gasteiger charge is 2.39. The molecule has 3 heterocycles. The first kappa shape index (κ1) is 23.3. The topological polar surface area (TPSA) is 97.0 Å². The summed E-state index contributed by atoms with van der Waals surface area (Å²) in [6.07, 6.45) is 2.12. The van der Waals surface area contributed by atoms with Crippen molar-refractivity contribution >= 4 is 34.7 Å². The van der Waals surface area contributed by atoms with Gasteiger partial charge in [0.05, 0.1) is 29.0 Å². The van der Waals surface area contributed by atoms with Crippen molar-refractivity contribution in [3.8, 4) is 5.75 Å². The van der Waals surface area contributed by atoms with Crippen LogP contribution in [0.25, 0.3) is 0 Å². The number of amides is 3. The van der Waals surface area contributed by atoms with Crippen LogP contribution in [0.1, 0.15) is 52.6 Å². The molecule has 0 spiro atoms. The normalized spacial score (nSPS) is 22.3. The molecule has 3 amide bonds. The zero-order valence-corrected chi connectivity index (χ0v) is 19.7. The quantitative estimate of drug-likeness (QED) is 0.674. The number of hydrogen-bond donors (Lipinski definition) is 2. The summed E-state index contributed by atoms with van der Waals surface area (Å²) in [5, 5.41) is 7.57. The minimum atomic E-state index is -0.317. The Morgan fingerprint density at radius 3 is 2.85 bits per heavy atom. The zero-order chi connectivity index (χ0) is 23.4. The Morgan fingerprint density at radius 1 is 1.24 bits per heavy atom. The lowest BCUT2D eigenvalue weighted by atomic mass is 9.94. The maximum Gasteiger partial charge on any atom is 0.265 e. The van der Waals surface area contributed by atoms with Gasteiger partial charge in [0.15, 0.2) is 0 Å². The fourth-order valence-corrected chi connectivity index (χ4v) is 4.87. The Balaban J connectivity index is 1.46. The molecule has 2 aliphatic rings. The van der Waals surface area contributed by atoms with Crippen LogP contribution < -0.4 is 15.4 Å². The van der Waals surface area contributed by atoms with Gasteiger partial charge < -0.3 is 25.0 Å². The van der Waals surface area contributed by atoms with Gasteiger partial charge in [-0.1, -0.05) is 13.0 Å². The van der Waals surface area contributed by atoms with Gasteiger partial charge in [0.1, 0.15) is 18.5 Å². The van der Waals surface area contributed by atoms with Crippen LogP contribution >= 0.6 is 11.3 Å². The monoisotopic (exact) mass is 471 g/mol. The van der Waals surface area contributed by atoms with Gasteiger partial charge in [-0.15, -0.1) is 11.3 Å². The van der Waals surface area contributed by atoms with Crippen molar-refractivity contribution in [2.24, 2.45) is 0 Å². The molecule has 2 N–H and O–H groups in total. The van der Waals surface area contributed by atoms with Crippen molar-refractivity contribution in [2.75, 3.05) is 25.5 Å². The van der Waals surface area contributed by atoms with E-state index in [1.54, 1.807) is 36.2 Å². The third-order valence-corrected chi connectivity index (χ3v) is 6.87. The lowest BCUT2D eigenvalue weighted by Crippen LogP contribution is -2.54. The van der Waals surface area contributed by atoms with Crippen molar-refractivity contribution in [1.29, 1.82) is 0 Å². The number of rotatable bonds is 6. The predicted octanol–water partition coefficient (Wildman–Crippen LogP) is 3.30. The summed E-state index contributed by atoms with van der Waals surface area (Å²) in [7, 11) is 1.77. The fourth-order valence-electron chi connectivity index (χ4n) is 4.25. The van der Waals surface area contributed by atoms with Crippen molar-refractivity contribution < 1.29 is 23.9 Å². The minimum absolute atomic E-state index is 0.0148. The summed E-state index contributed by atoms with van der Waals surface area (Å²) in [5.41, 5.74) is 0.939. The molecule has 1 aromatic carbocycles. The van der Waals surface area contributed by atoms with E-state index in [1.807, 2.05) is 18.4 Å². The summed E-state index contributed by atoms with van der Waals surface area (Å²) in [6, 6.07) is 8.50. The Kier molecular flexibility index (Phi) is 7.29. The average Bonchev–Trinajstić information content (AvgIpc) is 3.36. The van der Waals surface area contributed by atoms with Crippen molar-refractivity contribution in [2.45, 2.75) is 50.9 Å². The van der Waals surface area contributed by atoms with E-state index >= 15 is 0 Å². The smallest absolute Gasteiger partial charge is 0.265 e. The van der Waals surface area contributed by atoms with Crippen LogP contribution in [0.3, 0.4) is 0 Å². The number of carbonyl (C=O) groups is 3. The third-order valence-electron chi connectivity index (χ3n) is 6.00. The van der Waals surface area contributed by atoms with Crippen LogP contribution in [0.5, 0.6) is 5.75 Å². The molecule has 3 atom stereocenters. The van der Waals surface area contributed by atoms with E-state index < -0.39 is 0 Å². The molecule has 0 unspecified atom stereocenters. The molecule has 1 saturated heterocycles. The molecule has 9 heteroatoms. The zero-order valence-electron chi connectivity index (χ0n) is 18.8. The maximum atomic E-state index is 13.3. The fraction of sp³-hybridized carbons (Fsp3) is 0.458. The molecule has 0 saturated carbocycles. The maximum absolute atomic E-state index is 13.3. The Labute approximate surface area is 197 Å². The molecule has 1 aromatic heterocycles. The highest BCUT2D eigenvalue weighted by molar-refractivity contribution is 7.12. The van der Waals surface area contributed by atoms with Crippen LogP contribution in [-0.4, -0.2) is 61.1 Å². The van der Waals surface area contributed by atoms with E-state index in [2.05, 4.69) is 10.6 Å². The van der Waals surface area contributed by atoms with Crippen molar-refractivity contribution in [1.82, 2.24) is 10.2 Å². The first-order chi connectivity index (χ1) is 16.0. The van der Waals surface area contributed by atoms with Crippen LogP contribution in [0.4, 0.5) is 5.69 Å². The van der Waals surface area contributed by atoms with Crippen LogP contribution in [-0.2, 0) is 9.53 Å². The first-order valence-electron chi connectivity index (χ1n) is 11.3. The van der Waals surface area contributed by atoms with Crippen LogP contribution in [0.2, 0.25) is 0 Å². The van der Waals surface area contributed by atoms with E-state index in [4.69, 9.17) is 9.47 Å². The molecule has 0 radical (unpaired) electrons. The molecular weight excluding hydrogens is 442 g/mol. The number of nitrogens with zero attached hydrogens (tertiary/aromatic N) is 1. The molecule has 0 bridgehead atoms. The van der Waals surface area contributed by atoms with Crippen molar-refractivity contribution in [3.05, 3.63) is 46.2 Å².